The molecule has 0 aliphatic rings. The van der Waals surface area contributed by atoms with Crippen molar-refractivity contribution in [2.24, 2.45) is 0 Å². The van der Waals surface area contributed by atoms with Gasteiger partial charge in [-0.05, 0) is 18.2 Å². The molecule has 0 bridgehead atoms. The zero-order valence-electron chi connectivity index (χ0n) is 17.4. The number of benzene rings is 2. The summed E-state index contributed by atoms with van der Waals surface area (Å²) < 4.78 is 1.73. The van der Waals surface area contributed by atoms with Crippen molar-refractivity contribution in [1.82, 2.24) is 30.0 Å². The van der Waals surface area contributed by atoms with E-state index in [1.54, 1.807) is 23.3 Å². The quantitative estimate of drug-likeness (QED) is 0.347. The molecule has 2 N–H and O–H groups in total. The molecule has 0 spiro atoms. The molecule has 2 aromatic carbocycles. The first-order valence-corrected chi connectivity index (χ1v) is 11.6. The van der Waals surface area contributed by atoms with Crippen LogP contribution in [-0.2, 0) is 6.42 Å². The Morgan fingerprint density at radius 1 is 1.09 bits per heavy atom. The largest absolute Gasteiger partial charge is 0.350 e. The Labute approximate surface area is 199 Å². The van der Waals surface area contributed by atoms with Gasteiger partial charge in [-0.15, -0.1) is 11.3 Å². The molecule has 0 atom stereocenters. The molecule has 9 heteroatoms. The molecule has 5 aromatic rings. The molecular formula is C24H19ClN6OS. The molecule has 7 nitrogen and oxygen atoms in total. The number of nitrogens with one attached hydrogen (secondary N) is 2. The van der Waals surface area contributed by atoms with Gasteiger partial charge in [-0.2, -0.15) is 5.10 Å². The summed E-state index contributed by atoms with van der Waals surface area (Å²) >= 11 is 7.48. The van der Waals surface area contributed by atoms with Crippen molar-refractivity contribution in [3.63, 3.8) is 0 Å². The SMILES string of the molecule is O=C(NCCc1cnc[nH]1)c1cc(-c2ccccc2)n(-c2nc(-c3ccc(Cl)cc3)cs2)n1. The highest BCUT2D eigenvalue weighted by Gasteiger charge is 2.19. The molecule has 5 rings (SSSR count). The third-order valence-corrected chi connectivity index (χ3v) is 6.13. The van der Waals surface area contributed by atoms with E-state index in [-0.39, 0.29) is 5.91 Å². The van der Waals surface area contributed by atoms with Gasteiger partial charge in [-0.3, -0.25) is 4.79 Å². The van der Waals surface area contributed by atoms with Gasteiger partial charge in [0.2, 0.25) is 5.13 Å². The van der Waals surface area contributed by atoms with Crippen LogP contribution in [0.4, 0.5) is 0 Å². The fourth-order valence-corrected chi connectivity index (χ4v) is 4.31. The molecule has 3 aromatic heterocycles. The van der Waals surface area contributed by atoms with Gasteiger partial charge in [-0.25, -0.2) is 14.6 Å². The number of carbonyl (C=O) groups excluding carboxylic acids is 1. The van der Waals surface area contributed by atoms with Crippen molar-refractivity contribution in [3.05, 3.63) is 95.0 Å². The lowest BCUT2D eigenvalue weighted by Gasteiger charge is -2.04. The van der Waals surface area contributed by atoms with Crippen LogP contribution in [0.1, 0.15) is 16.2 Å². The van der Waals surface area contributed by atoms with Crippen LogP contribution in [0.2, 0.25) is 5.02 Å². The van der Waals surface area contributed by atoms with E-state index in [4.69, 9.17) is 16.6 Å². The number of carbonyl (C=O) groups is 1. The van der Waals surface area contributed by atoms with Gasteiger partial charge in [0.15, 0.2) is 5.69 Å². The minimum absolute atomic E-state index is 0.236. The summed E-state index contributed by atoms with van der Waals surface area (Å²) in [7, 11) is 0. The van der Waals surface area contributed by atoms with Gasteiger partial charge in [-0.1, -0.05) is 54.1 Å². The predicted molar refractivity (Wildman–Crippen MR) is 130 cm³/mol. The smallest absolute Gasteiger partial charge is 0.271 e. The van der Waals surface area contributed by atoms with E-state index in [0.29, 0.717) is 28.8 Å². The van der Waals surface area contributed by atoms with E-state index in [0.717, 1.165) is 28.2 Å². The van der Waals surface area contributed by atoms with Crippen molar-refractivity contribution >= 4 is 28.8 Å². The molecule has 1 amide bonds. The number of hydrogen-bond donors (Lipinski definition) is 2. The molecule has 164 valence electrons. The van der Waals surface area contributed by atoms with Crippen LogP contribution in [0.3, 0.4) is 0 Å². The van der Waals surface area contributed by atoms with Crippen LogP contribution in [-0.4, -0.2) is 37.2 Å². The number of imidazole rings is 1. The highest BCUT2D eigenvalue weighted by molar-refractivity contribution is 7.12. The second kappa shape index (κ2) is 9.40. The summed E-state index contributed by atoms with van der Waals surface area (Å²) in [6, 6.07) is 19.2. The zero-order chi connectivity index (χ0) is 22.6. The number of aromatic amines is 1. The number of aromatic nitrogens is 5. The topological polar surface area (TPSA) is 88.5 Å². The Hall–Kier alpha value is -3.75. The number of rotatable bonds is 7. The maximum Gasteiger partial charge on any atom is 0.271 e. The Kier molecular flexibility index (Phi) is 6.01. The third-order valence-electron chi connectivity index (χ3n) is 5.06. The van der Waals surface area contributed by atoms with E-state index >= 15 is 0 Å². The summed E-state index contributed by atoms with van der Waals surface area (Å²) in [4.78, 5) is 24.6. The first-order chi connectivity index (χ1) is 16.2. The first kappa shape index (κ1) is 21.1. The minimum Gasteiger partial charge on any atom is -0.350 e. The predicted octanol–water partition coefficient (Wildman–Crippen LogP) is 5.01. The second-order valence-electron chi connectivity index (χ2n) is 7.30. The monoisotopic (exact) mass is 474 g/mol. The van der Waals surface area contributed by atoms with Crippen LogP contribution in [0.25, 0.3) is 27.6 Å². The van der Waals surface area contributed by atoms with Crippen molar-refractivity contribution in [2.45, 2.75) is 6.42 Å². The maximum absolute atomic E-state index is 12.8. The molecule has 3 heterocycles. The minimum atomic E-state index is -0.236. The molecule has 0 radical (unpaired) electrons. The number of hydrogen-bond acceptors (Lipinski definition) is 5. The lowest BCUT2D eigenvalue weighted by molar-refractivity contribution is 0.0948. The Morgan fingerprint density at radius 3 is 2.67 bits per heavy atom. The van der Waals surface area contributed by atoms with E-state index in [1.165, 1.54) is 11.3 Å². The Morgan fingerprint density at radius 2 is 1.91 bits per heavy atom. The summed E-state index contributed by atoms with van der Waals surface area (Å²) in [5, 5.41) is 10.9. The average Bonchev–Trinajstić information content (AvgIpc) is 3.60. The number of nitrogens with zero attached hydrogens (tertiary/aromatic N) is 4. The van der Waals surface area contributed by atoms with Crippen LogP contribution in [0.15, 0.2) is 78.6 Å². The highest BCUT2D eigenvalue weighted by Crippen LogP contribution is 2.29. The number of amides is 1. The van der Waals surface area contributed by atoms with Gasteiger partial charge in [0.05, 0.1) is 17.7 Å². The van der Waals surface area contributed by atoms with Gasteiger partial charge in [0, 0.05) is 46.4 Å². The van der Waals surface area contributed by atoms with Gasteiger partial charge in [0.25, 0.3) is 5.91 Å². The summed E-state index contributed by atoms with van der Waals surface area (Å²) in [6.07, 6.45) is 4.03. The first-order valence-electron chi connectivity index (χ1n) is 10.3. The third kappa shape index (κ3) is 4.72. The normalized spacial score (nSPS) is 10.9. The lowest BCUT2D eigenvalue weighted by Crippen LogP contribution is -2.26. The molecule has 0 aliphatic carbocycles. The highest BCUT2D eigenvalue weighted by atomic mass is 35.5. The standard InChI is InChI=1S/C24H19ClN6OS/c25-18-8-6-16(7-9-18)21-14-33-24(29-21)31-22(17-4-2-1-3-5-17)12-20(30-31)23(32)27-11-10-19-13-26-15-28-19/h1-9,12-15H,10-11H2,(H,26,28)(H,27,32). The van der Waals surface area contributed by atoms with Crippen LogP contribution >= 0.6 is 22.9 Å². The molecule has 33 heavy (non-hydrogen) atoms. The summed E-state index contributed by atoms with van der Waals surface area (Å²) in [5.41, 5.74) is 4.83. The van der Waals surface area contributed by atoms with Gasteiger partial charge in [0.1, 0.15) is 0 Å². The van der Waals surface area contributed by atoms with Crippen molar-refractivity contribution in [2.75, 3.05) is 6.54 Å². The van der Waals surface area contributed by atoms with Gasteiger partial charge < -0.3 is 10.3 Å². The average molecular weight is 475 g/mol. The van der Waals surface area contributed by atoms with Crippen LogP contribution < -0.4 is 5.32 Å². The number of halogens is 1. The van der Waals surface area contributed by atoms with E-state index in [9.17, 15) is 4.79 Å². The molecule has 0 aliphatic heterocycles. The van der Waals surface area contributed by atoms with E-state index < -0.39 is 0 Å². The summed E-state index contributed by atoms with van der Waals surface area (Å²) in [5.74, 6) is -0.236. The zero-order valence-corrected chi connectivity index (χ0v) is 19.0. The molecule has 0 saturated carbocycles. The van der Waals surface area contributed by atoms with Crippen LogP contribution in [0, 0.1) is 0 Å². The fourth-order valence-electron chi connectivity index (χ4n) is 3.39. The van der Waals surface area contributed by atoms with E-state index in [1.807, 2.05) is 60.0 Å². The summed E-state index contributed by atoms with van der Waals surface area (Å²) in [6.45, 7) is 0.479. The Bertz CT molecular complexity index is 1360. The number of H-pyrrole nitrogens is 1. The molecule has 0 fully saturated rings. The molecular weight excluding hydrogens is 456 g/mol. The lowest BCUT2D eigenvalue weighted by atomic mass is 10.1. The maximum atomic E-state index is 12.8. The van der Waals surface area contributed by atoms with E-state index in [2.05, 4.69) is 20.4 Å². The molecule has 0 unspecified atom stereocenters. The molecule has 0 saturated heterocycles. The van der Waals surface area contributed by atoms with Gasteiger partial charge >= 0.3 is 0 Å². The second-order valence-corrected chi connectivity index (χ2v) is 8.57. The van der Waals surface area contributed by atoms with Crippen molar-refractivity contribution in [3.8, 4) is 27.6 Å². The van der Waals surface area contributed by atoms with Crippen molar-refractivity contribution < 1.29 is 4.79 Å². The number of thiazole rings is 1. The fraction of sp³-hybridized carbons (Fsp3) is 0.0833. The van der Waals surface area contributed by atoms with Crippen molar-refractivity contribution in [1.29, 1.82) is 0 Å². The van der Waals surface area contributed by atoms with Crippen LogP contribution in [0.5, 0.6) is 0 Å². The Balaban J connectivity index is 1.44.